The minimum absolute atomic E-state index is 0.197. The Labute approximate surface area is 106 Å². The number of hydrogen-bond acceptors (Lipinski definition) is 3. The van der Waals surface area contributed by atoms with Crippen LogP contribution in [0.3, 0.4) is 0 Å². The molecule has 2 rings (SSSR count). The number of nitrogens with zero attached hydrogens (tertiary/aromatic N) is 1. The third-order valence-corrected chi connectivity index (χ3v) is 3.91. The number of likely N-dealkylation sites (tertiary alicyclic amines) is 1. The molecule has 1 aromatic carbocycles. The molecule has 1 aromatic rings. The van der Waals surface area contributed by atoms with Crippen molar-refractivity contribution in [2.24, 2.45) is 5.92 Å². The quantitative estimate of drug-likeness (QED) is 0.808. The molecule has 3 nitrogen and oxygen atoms in total. The molecule has 0 atom stereocenters. The van der Waals surface area contributed by atoms with Crippen LogP contribution < -0.4 is 0 Å². The second kappa shape index (κ2) is 6.07. The zero-order valence-electron chi connectivity index (χ0n) is 9.71. The van der Waals surface area contributed by atoms with Gasteiger partial charge in [-0.05, 0) is 12.1 Å². The van der Waals surface area contributed by atoms with Gasteiger partial charge < -0.3 is 10.0 Å². The zero-order chi connectivity index (χ0) is 12.1. The van der Waals surface area contributed by atoms with Gasteiger partial charge in [0.05, 0.1) is 0 Å². The van der Waals surface area contributed by atoms with Crippen molar-refractivity contribution in [3.63, 3.8) is 0 Å². The normalized spacial score (nSPS) is 15.7. The Balaban J connectivity index is 1.64. The summed E-state index contributed by atoms with van der Waals surface area (Å²) in [6, 6.07) is 10.1. The van der Waals surface area contributed by atoms with Crippen LogP contribution in [-0.2, 0) is 4.79 Å². The fourth-order valence-electron chi connectivity index (χ4n) is 1.82. The summed E-state index contributed by atoms with van der Waals surface area (Å²) in [5.74, 6) is 1.34. The van der Waals surface area contributed by atoms with Gasteiger partial charge in [0.1, 0.15) is 0 Å². The van der Waals surface area contributed by atoms with E-state index in [4.69, 9.17) is 5.11 Å². The van der Waals surface area contributed by atoms with Crippen LogP contribution >= 0.6 is 11.8 Å². The molecule has 0 radical (unpaired) electrons. The molecular formula is C13H17NO2S. The number of hydrogen-bond donors (Lipinski definition) is 1. The van der Waals surface area contributed by atoms with E-state index in [0.29, 0.717) is 12.3 Å². The highest BCUT2D eigenvalue weighted by Gasteiger charge is 2.29. The molecule has 1 fully saturated rings. The van der Waals surface area contributed by atoms with Crippen molar-refractivity contribution in [3.05, 3.63) is 30.3 Å². The Hall–Kier alpha value is -1.00. The van der Waals surface area contributed by atoms with E-state index in [1.165, 1.54) is 4.90 Å². The van der Waals surface area contributed by atoms with E-state index in [-0.39, 0.29) is 12.5 Å². The number of aliphatic hydroxyl groups is 1. The lowest BCUT2D eigenvalue weighted by Gasteiger charge is -2.38. The van der Waals surface area contributed by atoms with Crippen LogP contribution in [0.2, 0.25) is 0 Å². The molecule has 1 aliphatic rings. The van der Waals surface area contributed by atoms with E-state index in [1.807, 2.05) is 23.1 Å². The SMILES string of the molecule is O=C(CCSc1ccccc1)N1CC(CO)C1. The van der Waals surface area contributed by atoms with Gasteiger partial charge in [-0.3, -0.25) is 4.79 Å². The fraction of sp³-hybridized carbons (Fsp3) is 0.462. The van der Waals surface area contributed by atoms with Gasteiger partial charge in [0.2, 0.25) is 5.91 Å². The Bertz CT molecular complexity index is 363. The van der Waals surface area contributed by atoms with Gasteiger partial charge in [0, 0.05) is 42.7 Å². The number of amides is 1. The molecule has 1 heterocycles. The summed E-state index contributed by atoms with van der Waals surface area (Å²) in [5.41, 5.74) is 0. The molecule has 4 heteroatoms. The average molecular weight is 251 g/mol. The standard InChI is InChI=1S/C13H17NO2S/c15-10-11-8-14(9-11)13(16)6-7-17-12-4-2-1-3-5-12/h1-5,11,15H,6-10H2. The summed E-state index contributed by atoms with van der Waals surface area (Å²) in [5, 5.41) is 8.87. The average Bonchev–Trinajstić information content (AvgIpc) is 2.29. The maximum atomic E-state index is 11.7. The summed E-state index contributed by atoms with van der Waals surface area (Å²) in [6.07, 6.45) is 0.581. The van der Waals surface area contributed by atoms with Gasteiger partial charge >= 0.3 is 0 Å². The first kappa shape index (κ1) is 12.5. The van der Waals surface area contributed by atoms with E-state index >= 15 is 0 Å². The van der Waals surface area contributed by atoms with Crippen LogP contribution in [-0.4, -0.2) is 41.4 Å². The maximum Gasteiger partial charge on any atom is 0.223 e. The highest BCUT2D eigenvalue weighted by atomic mass is 32.2. The molecule has 0 saturated carbocycles. The van der Waals surface area contributed by atoms with Crippen LogP contribution in [0.25, 0.3) is 0 Å². The second-order valence-corrected chi connectivity index (χ2v) is 5.43. The van der Waals surface area contributed by atoms with Gasteiger partial charge in [0.25, 0.3) is 0 Å². The number of thioether (sulfide) groups is 1. The lowest BCUT2D eigenvalue weighted by atomic mass is 10.0. The molecule has 0 unspecified atom stereocenters. The van der Waals surface area contributed by atoms with E-state index in [1.54, 1.807) is 11.8 Å². The summed E-state index contributed by atoms with van der Waals surface area (Å²) >= 11 is 1.71. The van der Waals surface area contributed by atoms with Crippen LogP contribution in [0.5, 0.6) is 0 Å². The first-order chi connectivity index (χ1) is 8.29. The van der Waals surface area contributed by atoms with Crippen molar-refractivity contribution in [1.29, 1.82) is 0 Å². The lowest BCUT2D eigenvalue weighted by molar-refractivity contribution is -0.137. The van der Waals surface area contributed by atoms with Crippen molar-refractivity contribution >= 4 is 17.7 Å². The van der Waals surface area contributed by atoms with Crippen molar-refractivity contribution in [2.75, 3.05) is 25.4 Å². The van der Waals surface area contributed by atoms with Gasteiger partial charge in [0.15, 0.2) is 0 Å². The monoisotopic (exact) mass is 251 g/mol. The maximum absolute atomic E-state index is 11.7. The Morgan fingerprint density at radius 1 is 1.35 bits per heavy atom. The van der Waals surface area contributed by atoms with Gasteiger partial charge in [-0.1, -0.05) is 18.2 Å². The smallest absolute Gasteiger partial charge is 0.223 e. The minimum Gasteiger partial charge on any atom is -0.396 e. The van der Waals surface area contributed by atoms with Gasteiger partial charge in [-0.2, -0.15) is 0 Å². The molecule has 0 aliphatic carbocycles. The van der Waals surface area contributed by atoms with Gasteiger partial charge in [-0.15, -0.1) is 11.8 Å². The molecule has 0 bridgehead atoms. The molecule has 1 N–H and O–H groups in total. The Morgan fingerprint density at radius 2 is 2.06 bits per heavy atom. The highest BCUT2D eigenvalue weighted by molar-refractivity contribution is 7.99. The molecule has 1 amide bonds. The molecule has 0 aromatic heterocycles. The van der Waals surface area contributed by atoms with Crippen molar-refractivity contribution < 1.29 is 9.90 Å². The number of rotatable bonds is 5. The minimum atomic E-state index is 0.197. The third kappa shape index (κ3) is 3.48. The first-order valence-electron chi connectivity index (χ1n) is 5.86. The second-order valence-electron chi connectivity index (χ2n) is 4.26. The predicted molar refractivity (Wildman–Crippen MR) is 68.9 cm³/mol. The van der Waals surface area contributed by atoms with Crippen molar-refractivity contribution in [2.45, 2.75) is 11.3 Å². The summed E-state index contributed by atoms with van der Waals surface area (Å²) in [7, 11) is 0. The number of aliphatic hydroxyl groups excluding tert-OH is 1. The summed E-state index contributed by atoms with van der Waals surface area (Å²) in [4.78, 5) is 14.7. The molecule has 1 aliphatic heterocycles. The van der Waals surface area contributed by atoms with E-state index in [9.17, 15) is 4.79 Å². The zero-order valence-corrected chi connectivity index (χ0v) is 10.5. The van der Waals surface area contributed by atoms with Gasteiger partial charge in [-0.25, -0.2) is 0 Å². The number of benzene rings is 1. The van der Waals surface area contributed by atoms with Crippen LogP contribution in [0.15, 0.2) is 35.2 Å². The fourth-order valence-corrected chi connectivity index (χ4v) is 2.68. The van der Waals surface area contributed by atoms with Crippen molar-refractivity contribution in [1.82, 2.24) is 4.90 Å². The topological polar surface area (TPSA) is 40.5 Å². The molecule has 92 valence electrons. The van der Waals surface area contributed by atoms with Crippen LogP contribution in [0, 0.1) is 5.92 Å². The first-order valence-corrected chi connectivity index (χ1v) is 6.84. The van der Waals surface area contributed by atoms with Crippen molar-refractivity contribution in [3.8, 4) is 0 Å². The molecule has 0 spiro atoms. The number of carbonyl (C=O) groups excluding carboxylic acids is 1. The molecular weight excluding hydrogens is 234 g/mol. The van der Waals surface area contributed by atoms with E-state index < -0.39 is 0 Å². The highest BCUT2D eigenvalue weighted by Crippen LogP contribution is 2.20. The lowest BCUT2D eigenvalue weighted by Crippen LogP contribution is -2.51. The number of carbonyl (C=O) groups is 1. The molecule has 17 heavy (non-hydrogen) atoms. The van der Waals surface area contributed by atoms with Crippen LogP contribution in [0.4, 0.5) is 0 Å². The van der Waals surface area contributed by atoms with E-state index in [0.717, 1.165) is 18.8 Å². The summed E-state index contributed by atoms with van der Waals surface area (Å²) < 4.78 is 0. The third-order valence-electron chi connectivity index (χ3n) is 2.90. The largest absolute Gasteiger partial charge is 0.396 e. The van der Waals surface area contributed by atoms with Crippen LogP contribution in [0.1, 0.15) is 6.42 Å². The molecule has 1 saturated heterocycles. The Morgan fingerprint density at radius 3 is 2.71 bits per heavy atom. The summed E-state index contributed by atoms with van der Waals surface area (Å²) in [6.45, 7) is 1.65. The predicted octanol–water partition coefficient (Wildman–Crippen LogP) is 1.62. The van der Waals surface area contributed by atoms with E-state index in [2.05, 4.69) is 12.1 Å². The Kier molecular flexibility index (Phi) is 4.45.